The second-order valence-corrected chi connectivity index (χ2v) is 5.91. The molecule has 0 atom stereocenters. The molecule has 1 aliphatic rings. The predicted molar refractivity (Wildman–Crippen MR) is 86.0 cm³/mol. The van der Waals surface area contributed by atoms with Gasteiger partial charge in [-0.3, -0.25) is 0 Å². The molecule has 0 aliphatic heterocycles. The summed E-state index contributed by atoms with van der Waals surface area (Å²) in [6.07, 6.45) is 1.88. The lowest BCUT2D eigenvalue weighted by molar-refractivity contribution is 0.247. The fraction of sp³-hybridized carbons (Fsp3) is 0.188. The molecule has 1 fully saturated rings. The highest BCUT2D eigenvalue weighted by molar-refractivity contribution is 6.43. The van der Waals surface area contributed by atoms with Crippen LogP contribution in [0.3, 0.4) is 0 Å². The third-order valence-electron chi connectivity index (χ3n) is 3.63. The maximum Gasteiger partial charge on any atom is 0.319 e. The molecule has 0 unspecified atom stereocenters. The fourth-order valence-electron chi connectivity index (χ4n) is 2.34. The van der Waals surface area contributed by atoms with Crippen LogP contribution < -0.4 is 10.6 Å². The van der Waals surface area contributed by atoms with Gasteiger partial charge in [0.2, 0.25) is 0 Å². The number of halogens is 2. The lowest BCUT2D eigenvalue weighted by atomic mass is 10.1. The van der Waals surface area contributed by atoms with Crippen LogP contribution >= 0.6 is 23.2 Å². The Bertz CT molecular complexity index is 669. The number of carbonyl (C=O) groups is 1. The Balaban J connectivity index is 1.72. The number of benzene rings is 2. The van der Waals surface area contributed by atoms with Crippen molar-refractivity contribution in [2.45, 2.75) is 18.4 Å². The van der Waals surface area contributed by atoms with Crippen LogP contribution in [0.4, 0.5) is 10.5 Å². The van der Waals surface area contributed by atoms with Crippen molar-refractivity contribution < 1.29 is 4.79 Å². The van der Waals surface area contributed by atoms with Gasteiger partial charge >= 0.3 is 6.03 Å². The normalized spacial score (nSPS) is 15.3. The zero-order valence-corrected chi connectivity index (χ0v) is 12.7. The summed E-state index contributed by atoms with van der Waals surface area (Å²) >= 11 is 12.0. The molecule has 2 amide bonds. The van der Waals surface area contributed by atoms with E-state index in [0.717, 1.165) is 18.4 Å². The Morgan fingerprint density at radius 1 is 1.00 bits per heavy atom. The van der Waals surface area contributed by atoms with Gasteiger partial charge in [-0.05, 0) is 30.5 Å². The molecular formula is C16H14Cl2N2O. The standard InChI is InChI=1S/C16H14Cl2N2O/c17-12-7-4-8-13(14(12)18)19-15(21)20-16(9-10-16)11-5-2-1-3-6-11/h1-8H,9-10H2,(H2,19,20,21). The summed E-state index contributed by atoms with van der Waals surface area (Å²) in [5, 5.41) is 6.54. The van der Waals surface area contributed by atoms with Crippen molar-refractivity contribution in [1.82, 2.24) is 5.32 Å². The molecule has 2 aromatic carbocycles. The topological polar surface area (TPSA) is 41.1 Å². The zero-order valence-electron chi connectivity index (χ0n) is 11.2. The third kappa shape index (κ3) is 2.99. The molecule has 0 aromatic heterocycles. The maximum absolute atomic E-state index is 12.2. The molecule has 108 valence electrons. The summed E-state index contributed by atoms with van der Waals surface area (Å²) in [6.45, 7) is 0. The van der Waals surface area contributed by atoms with Gasteiger partial charge in [0.1, 0.15) is 0 Å². The Morgan fingerprint density at radius 3 is 2.38 bits per heavy atom. The van der Waals surface area contributed by atoms with Crippen molar-refractivity contribution >= 4 is 34.9 Å². The van der Waals surface area contributed by atoms with Crippen molar-refractivity contribution in [2.75, 3.05) is 5.32 Å². The number of anilines is 1. The lowest BCUT2D eigenvalue weighted by Gasteiger charge is -2.18. The number of nitrogens with one attached hydrogen (secondary N) is 2. The molecule has 5 heteroatoms. The van der Waals surface area contributed by atoms with Gasteiger partial charge < -0.3 is 10.6 Å². The Labute approximate surface area is 133 Å². The van der Waals surface area contributed by atoms with Crippen LogP contribution in [0.25, 0.3) is 0 Å². The lowest BCUT2D eigenvalue weighted by Crippen LogP contribution is -2.38. The molecule has 2 aromatic rings. The van der Waals surface area contributed by atoms with Crippen LogP contribution in [-0.4, -0.2) is 6.03 Å². The second-order valence-electron chi connectivity index (χ2n) is 5.13. The highest BCUT2D eigenvalue weighted by atomic mass is 35.5. The molecule has 0 heterocycles. The van der Waals surface area contributed by atoms with E-state index >= 15 is 0 Å². The summed E-state index contributed by atoms with van der Waals surface area (Å²) in [5.41, 5.74) is 1.37. The Morgan fingerprint density at radius 2 is 1.71 bits per heavy atom. The monoisotopic (exact) mass is 320 g/mol. The van der Waals surface area contributed by atoms with Gasteiger partial charge in [-0.1, -0.05) is 59.6 Å². The van der Waals surface area contributed by atoms with E-state index in [0.29, 0.717) is 15.7 Å². The number of rotatable bonds is 3. The zero-order chi connectivity index (χ0) is 14.9. The minimum Gasteiger partial charge on any atom is -0.328 e. The summed E-state index contributed by atoms with van der Waals surface area (Å²) in [5.74, 6) is 0. The van der Waals surface area contributed by atoms with Gasteiger partial charge in [0.25, 0.3) is 0 Å². The van der Waals surface area contributed by atoms with Crippen LogP contribution in [0.1, 0.15) is 18.4 Å². The number of hydrogen-bond acceptors (Lipinski definition) is 1. The van der Waals surface area contributed by atoms with Gasteiger partial charge in [-0.25, -0.2) is 4.79 Å². The number of carbonyl (C=O) groups excluding carboxylic acids is 1. The maximum atomic E-state index is 12.2. The fourth-order valence-corrected chi connectivity index (χ4v) is 2.69. The average molecular weight is 321 g/mol. The van der Waals surface area contributed by atoms with Crippen molar-refractivity contribution in [3.63, 3.8) is 0 Å². The summed E-state index contributed by atoms with van der Waals surface area (Å²) in [7, 11) is 0. The first-order valence-electron chi connectivity index (χ1n) is 6.69. The van der Waals surface area contributed by atoms with Crippen molar-refractivity contribution in [2.24, 2.45) is 0 Å². The van der Waals surface area contributed by atoms with E-state index < -0.39 is 0 Å². The molecule has 3 rings (SSSR count). The largest absolute Gasteiger partial charge is 0.328 e. The van der Waals surface area contributed by atoms with E-state index in [9.17, 15) is 4.79 Å². The minimum atomic E-state index is -0.277. The quantitative estimate of drug-likeness (QED) is 0.837. The first kappa shape index (κ1) is 14.2. The highest BCUT2D eigenvalue weighted by Crippen LogP contribution is 2.45. The summed E-state index contributed by atoms with van der Waals surface area (Å²) in [4.78, 5) is 12.2. The van der Waals surface area contributed by atoms with Crippen molar-refractivity contribution in [3.8, 4) is 0 Å². The molecule has 3 nitrogen and oxygen atoms in total. The van der Waals surface area contributed by atoms with Crippen molar-refractivity contribution in [1.29, 1.82) is 0 Å². The van der Waals surface area contributed by atoms with E-state index in [-0.39, 0.29) is 11.6 Å². The van der Waals surface area contributed by atoms with E-state index in [2.05, 4.69) is 10.6 Å². The van der Waals surface area contributed by atoms with E-state index in [1.54, 1.807) is 18.2 Å². The van der Waals surface area contributed by atoms with Crippen LogP contribution in [0.2, 0.25) is 10.0 Å². The first-order chi connectivity index (χ1) is 10.1. The Kier molecular flexibility index (Phi) is 3.79. The summed E-state index contributed by atoms with van der Waals surface area (Å²) < 4.78 is 0. The Hall–Kier alpha value is -1.71. The smallest absolute Gasteiger partial charge is 0.319 e. The number of hydrogen-bond donors (Lipinski definition) is 2. The van der Waals surface area contributed by atoms with Gasteiger partial charge in [-0.2, -0.15) is 0 Å². The third-order valence-corrected chi connectivity index (χ3v) is 4.45. The molecule has 1 aliphatic carbocycles. The SMILES string of the molecule is O=C(Nc1cccc(Cl)c1Cl)NC1(c2ccccc2)CC1. The van der Waals surface area contributed by atoms with E-state index in [4.69, 9.17) is 23.2 Å². The second kappa shape index (κ2) is 5.58. The molecule has 21 heavy (non-hydrogen) atoms. The molecule has 0 spiro atoms. The molecule has 1 saturated carbocycles. The van der Waals surface area contributed by atoms with Crippen LogP contribution in [0.15, 0.2) is 48.5 Å². The first-order valence-corrected chi connectivity index (χ1v) is 7.45. The number of urea groups is 1. The average Bonchev–Trinajstić information content (AvgIpc) is 3.26. The van der Waals surface area contributed by atoms with Crippen molar-refractivity contribution in [3.05, 3.63) is 64.1 Å². The molecule has 0 bridgehead atoms. The van der Waals surface area contributed by atoms with Crippen LogP contribution in [-0.2, 0) is 5.54 Å². The van der Waals surface area contributed by atoms with E-state index in [1.165, 1.54) is 0 Å². The highest BCUT2D eigenvalue weighted by Gasteiger charge is 2.45. The van der Waals surface area contributed by atoms with Gasteiger partial charge in [0.15, 0.2) is 0 Å². The summed E-state index contributed by atoms with van der Waals surface area (Å²) in [6, 6.07) is 14.8. The molecule has 2 N–H and O–H groups in total. The van der Waals surface area contributed by atoms with Crippen LogP contribution in [0.5, 0.6) is 0 Å². The van der Waals surface area contributed by atoms with Gasteiger partial charge in [0.05, 0.1) is 21.3 Å². The molecule has 0 saturated heterocycles. The van der Waals surface area contributed by atoms with Gasteiger partial charge in [0, 0.05) is 0 Å². The predicted octanol–water partition coefficient (Wildman–Crippen LogP) is 4.80. The minimum absolute atomic E-state index is 0.254. The molecular weight excluding hydrogens is 307 g/mol. The van der Waals surface area contributed by atoms with Crippen LogP contribution in [0, 0.1) is 0 Å². The molecule has 0 radical (unpaired) electrons. The van der Waals surface area contributed by atoms with E-state index in [1.807, 2.05) is 30.3 Å². The van der Waals surface area contributed by atoms with Gasteiger partial charge in [-0.15, -0.1) is 0 Å². The number of amides is 2.